The Kier molecular flexibility index (Phi) is 6.54. The van der Waals surface area contributed by atoms with Crippen molar-refractivity contribution in [1.29, 1.82) is 0 Å². The largest absolute Gasteiger partial charge is 0.493 e. The number of rotatable bonds is 6. The summed E-state index contributed by atoms with van der Waals surface area (Å²) in [6.07, 6.45) is -1.23. The summed E-state index contributed by atoms with van der Waals surface area (Å²) in [5, 5.41) is 9.09. The smallest absolute Gasteiger partial charge is 0.414 e. The van der Waals surface area contributed by atoms with Gasteiger partial charge in [-0.25, -0.2) is 9.18 Å². The van der Waals surface area contributed by atoms with Crippen molar-refractivity contribution < 1.29 is 28.5 Å². The first kappa shape index (κ1) is 20.5. The van der Waals surface area contributed by atoms with Crippen molar-refractivity contribution in [3.63, 3.8) is 0 Å². The van der Waals surface area contributed by atoms with Gasteiger partial charge in [-0.05, 0) is 35.9 Å². The summed E-state index contributed by atoms with van der Waals surface area (Å²) in [6, 6.07) is 9.63. The molecule has 29 heavy (non-hydrogen) atoms. The number of ether oxygens (including phenoxy) is 3. The van der Waals surface area contributed by atoms with E-state index in [1.165, 1.54) is 24.1 Å². The van der Waals surface area contributed by atoms with Crippen LogP contribution in [0.3, 0.4) is 0 Å². The highest BCUT2D eigenvalue weighted by Crippen LogP contribution is 2.28. The molecule has 1 aliphatic heterocycles. The van der Waals surface area contributed by atoms with Gasteiger partial charge in [0.25, 0.3) is 0 Å². The lowest BCUT2D eigenvalue weighted by atomic mass is 10.2. The fourth-order valence-electron chi connectivity index (χ4n) is 2.81. The van der Waals surface area contributed by atoms with Crippen molar-refractivity contribution in [2.24, 2.45) is 5.73 Å². The molecule has 0 saturated carbocycles. The van der Waals surface area contributed by atoms with E-state index < -0.39 is 18.0 Å². The third kappa shape index (κ3) is 4.77. The van der Waals surface area contributed by atoms with E-state index in [1.807, 2.05) is 6.07 Å². The highest BCUT2D eigenvalue weighted by Gasteiger charge is 2.32. The van der Waals surface area contributed by atoms with Crippen LogP contribution in [-0.2, 0) is 11.3 Å². The number of anilines is 1. The van der Waals surface area contributed by atoms with E-state index in [2.05, 4.69) is 11.8 Å². The molecule has 0 bridgehead atoms. The van der Waals surface area contributed by atoms with Crippen LogP contribution < -0.4 is 20.1 Å². The third-order valence-electron chi connectivity index (χ3n) is 4.33. The Morgan fingerprint density at radius 1 is 1.31 bits per heavy atom. The Labute approximate surface area is 167 Å². The number of carbonyl (C=O) groups is 1. The molecule has 1 aliphatic rings. The first-order valence-electron chi connectivity index (χ1n) is 8.93. The number of halogens is 1. The summed E-state index contributed by atoms with van der Waals surface area (Å²) in [7, 11) is 1.53. The molecule has 8 heteroatoms. The number of aliphatic hydroxyl groups excluding tert-OH is 1. The van der Waals surface area contributed by atoms with Gasteiger partial charge in [0.05, 0.1) is 31.5 Å². The molecule has 3 rings (SSSR count). The van der Waals surface area contributed by atoms with Crippen molar-refractivity contribution in [2.75, 3.05) is 31.8 Å². The predicted octanol–water partition coefficient (Wildman–Crippen LogP) is 2.04. The first-order chi connectivity index (χ1) is 14.0. The van der Waals surface area contributed by atoms with E-state index in [1.54, 1.807) is 18.2 Å². The molecule has 0 unspecified atom stereocenters. The monoisotopic (exact) mass is 400 g/mol. The number of cyclic esters (lactones) is 1. The second-order valence-electron chi connectivity index (χ2n) is 6.24. The standard InChI is InChI=1S/C21H21FN2O5/c1-27-19-7-4-14(11-23)9-20(19)28-8-2-3-15-5-6-16(10-18(15)22)24-12-17(13-25)29-21(24)26/h4-7,9-10,17,25H,8,11-13,23H2,1H3/t17-/m1/s1. The third-order valence-corrected chi connectivity index (χ3v) is 4.33. The Hall–Kier alpha value is -3.28. The molecular weight excluding hydrogens is 379 g/mol. The first-order valence-corrected chi connectivity index (χ1v) is 8.93. The molecule has 3 N–H and O–H groups in total. The summed E-state index contributed by atoms with van der Waals surface area (Å²) < 4.78 is 30.2. The maximum Gasteiger partial charge on any atom is 0.414 e. The van der Waals surface area contributed by atoms with Crippen molar-refractivity contribution in [1.82, 2.24) is 0 Å². The van der Waals surface area contributed by atoms with Crippen molar-refractivity contribution in [2.45, 2.75) is 12.6 Å². The van der Waals surface area contributed by atoms with Gasteiger partial charge in [-0.15, -0.1) is 0 Å². The van der Waals surface area contributed by atoms with Crippen LogP contribution in [0.4, 0.5) is 14.9 Å². The minimum absolute atomic E-state index is 0.0300. The van der Waals surface area contributed by atoms with Crippen LogP contribution in [0.25, 0.3) is 0 Å². The average molecular weight is 400 g/mol. The maximum atomic E-state index is 14.4. The summed E-state index contributed by atoms with van der Waals surface area (Å²) >= 11 is 0. The highest BCUT2D eigenvalue weighted by atomic mass is 19.1. The second kappa shape index (κ2) is 9.28. The fraction of sp³-hybridized carbons (Fsp3) is 0.286. The molecule has 7 nitrogen and oxygen atoms in total. The number of methoxy groups -OCH3 is 1. The van der Waals surface area contributed by atoms with E-state index in [4.69, 9.17) is 25.1 Å². The van der Waals surface area contributed by atoms with Crippen molar-refractivity contribution >= 4 is 11.8 Å². The molecule has 2 aromatic rings. The number of amides is 1. The molecule has 1 saturated heterocycles. The lowest BCUT2D eigenvalue weighted by molar-refractivity contribution is 0.0963. The lowest BCUT2D eigenvalue weighted by Crippen LogP contribution is -2.25. The maximum absolute atomic E-state index is 14.4. The van der Waals surface area contributed by atoms with Gasteiger partial charge < -0.3 is 25.1 Å². The van der Waals surface area contributed by atoms with Gasteiger partial charge in [0.15, 0.2) is 11.5 Å². The van der Waals surface area contributed by atoms with E-state index in [-0.39, 0.29) is 25.3 Å². The summed E-state index contributed by atoms with van der Waals surface area (Å²) in [5.41, 5.74) is 7.03. The Morgan fingerprint density at radius 2 is 2.14 bits per heavy atom. The van der Waals surface area contributed by atoms with Gasteiger partial charge >= 0.3 is 6.09 Å². The molecule has 1 heterocycles. The molecule has 1 fully saturated rings. The van der Waals surface area contributed by atoms with Crippen molar-refractivity contribution in [3.05, 3.63) is 53.3 Å². The zero-order valence-corrected chi connectivity index (χ0v) is 15.9. The molecular formula is C21H21FN2O5. The van der Waals surface area contributed by atoms with Crippen LogP contribution in [0.2, 0.25) is 0 Å². The Morgan fingerprint density at radius 3 is 2.79 bits per heavy atom. The zero-order valence-electron chi connectivity index (χ0n) is 15.9. The van der Waals surface area contributed by atoms with Gasteiger partial charge in [0, 0.05) is 6.54 Å². The molecule has 0 aliphatic carbocycles. The minimum atomic E-state index is -0.621. The topological polar surface area (TPSA) is 94.2 Å². The molecule has 0 radical (unpaired) electrons. The van der Waals surface area contributed by atoms with Crippen LogP contribution in [-0.4, -0.2) is 44.2 Å². The number of carbonyl (C=O) groups excluding carboxylic acids is 1. The molecule has 152 valence electrons. The Bertz CT molecular complexity index is 954. The van der Waals surface area contributed by atoms with Crippen LogP contribution in [0.1, 0.15) is 11.1 Å². The van der Waals surface area contributed by atoms with Crippen LogP contribution in [0.5, 0.6) is 11.5 Å². The summed E-state index contributed by atoms with van der Waals surface area (Å²) in [4.78, 5) is 13.1. The number of hydrogen-bond acceptors (Lipinski definition) is 6. The summed E-state index contributed by atoms with van der Waals surface area (Å²) in [6.45, 7) is 0.278. The number of aliphatic hydroxyl groups is 1. The van der Waals surface area contributed by atoms with E-state index in [9.17, 15) is 9.18 Å². The normalized spacial score (nSPS) is 15.5. The van der Waals surface area contributed by atoms with Gasteiger partial charge in [-0.1, -0.05) is 17.9 Å². The predicted molar refractivity (Wildman–Crippen MR) is 104 cm³/mol. The molecule has 1 amide bonds. The van der Waals surface area contributed by atoms with Crippen LogP contribution in [0.15, 0.2) is 36.4 Å². The fourth-order valence-corrected chi connectivity index (χ4v) is 2.81. The molecule has 2 aromatic carbocycles. The molecule has 0 aromatic heterocycles. The lowest BCUT2D eigenvalue weighted by Gasteiger charge is -2.13. The van der Waals surface area contributed by atoms with Crippen molar-refractivity contribution in [3.8, 4) is 23.3 Å². The van der Waals surface area contributed by atoms with Gasteiger partial charge in [-0.2, -0.15) is 0 Å². The second-order valence-corrected chi connectivity index (χ2v) is 6.24. The number of benzene rings is 2. The number of nitrogens with two attached hydrogens (primary N) is 1. The quantitative estimate of drug-likeness (QED) is 0.721. The highest BCUT2D eigenvalue weighted by molar-refractivity contribution is 5.89. The molecule has 0 spiro atoms. The van der Waals surface area contributed by atoms with Gasteiger partial charge in [0.1, 0.15) is 18.5 Å². The van der Waals surface area contributed by atoms with Gasteiger partial charge in [-0.3, -0.25) is 4.90 Å². The SMILES string of the molecule is COc1ccc(CN)cc1OCC#Cc1ccc(N2C[C@H](CO)OC2=O)cc1F. The molecule has 1 atom stereocenters. The van der Waals surface area contributed by atoms with Gasteiger partial charge in [0.2, 0.25) is 0 Å². The van der Waals surface area contributed by atoms with E-state index >= 15 is 0 Å². The van der Waals surface area contributed by atoms with E-state index in [0.717, 1.165) is 5.56 Å². The summed E-state index contributed by atoms with van der Waals surface area (Å²) in [5.74, 6) is 5.95. The zero-order chi connectivity index (χ0) is 20.8. The average Bonchev–Trinajstić information content (AvgIpc) is 3.12. The van der Waals surface area contributed by atoms with Crippen LogP contribution >= 0.6 is 0 Å². The minimum Gasteiger partial charge on any atom is -0.493 e. The van der Waals surface area contributed by atoms with Crippen LogP contribution in [0, 0.1) is 17.7 Å². The number of hydrogen-bond donors (Lipinski definition) is 2. The Balaban J connectivity index is 1.67. The number of nitrogens with zero attached hydrogens (tertiary/aromatic N) is 1. The van der Waals surface area contributed by atoms with E-state index in [0.29, 0.717) is 23.7 Å².